The first-order valence-electron chi connectivity index (χ1n) is 6.99. The Labute approximate surface area is 113 Å². The Hall–Kier alpha value is -1.30. The molecular weight excluding hydrogens is 248 g/mol. The van der Waals surface area contributed by atoms with Crippen molar-refractivity contribution in [3.63, 3.8) is 0 Å². The minimum absolute atomic E-state index is 0.127. The molecule has 0 radical (unpaired) electrons. The lowest BCUT2D eigenvalue weighted by Gasteiger charge is -2.10. The van der Waals surface area contributed by atoms with Gasteiger partial charge in [0, 0.05) is 32.0 Å². The van der Waals surface area contributed by atoms with Crippen LogP contribution in [0.3, 0.4) is 0 Å². The molecule has 1 saturated heterocycles. The number of urea groups is 1. The summed E-state index contributed by atoms with van der Waals surface area (Å²) in [5.41, 5.74) is 0. The van der Waals surface area contributed by atoms with Crippen molar-refractivity contribution in [1.82, 2.24) is 10.6 Å². The summed E-state index contributed by atoms with van der Waals surface area (Å²) in [5, 5.41) is 14.1. The lowest BCUT2D eigenvalue weighted by Crippen LogP contribution is -2.38. The maximum Gasteiger partial charge on any atom is 0.314 e. The van der Waals surface area contributed by atoms with E-state index in [9.17, 15) is 9.59 Å². The third-order valence-corrected chi connectivity index (χ3v) is 3.18. The van der Waals surface area contributed by atoms with Crippen LogP contribution >= 0.6 is 0 Å². The summed E-state index contributed by atoms with van der Waals surface area (Å²) in [5.74, 6) is -0.296. The Morgan fingerprint density at radius 2 is 1.95 bits per heavy atom. The first kappa shape index (κ1) is 15.8. The molecular formula is C13H24N2O4. The molecule has 1 aliphatic heterocycles. The van der Waals surface area contributed by atoms with Crippen molar-refractivity contribution in [3.05, 3.63) is 0 Å². The number of ether oxygens (including phenoxy) is 1. The molecule has 2 amide bonds. The Morgan fingerprint density at radius 3 is 2.63 bits per heavy atom. The summed E-state index contributed by atoms with van der Waals surface area (Å²) >= 11 is 0. The van der Waals surface area contributed by atoms with Gasteiger partial charge < -0.3 is 20.5 Å². The van der Waals surface area contributed by atoms with Crippen LogP contribution in [0.4, 0.5) is 4.79 Å². The molecule has 0 aromatic heterocycles. The van der Waals surface area contributed by atoms with Crippen LogP contribution in [0.2, 0.25) is 0 Å². The lowest BCUT2D eigenvalue weighted by molar-refractivity contribution is -0.137. The summed E-state index contributed by atoms with van der Waals surface area (Å²) in [6, 6.07) is -0.127. The Morgan fingerprint density at radius 1 is 1.16 bits per heavy atom. The van der Waals surface area contributed by atoms with Gasteiger partial charge in [0.1, 0.15) is 0 Å². The molecule has 1 atom stereocenters. The molecule has 0 aliphatic carbocycles. The molecule has 6 nitrogen and oxygen atoms in total. The molecule has 1 aliphatic rings. The molecule has 0 bridgehead atoms. The quantitative estimate of drug-likeness (QED) is 0.553. The highest BCUT2D eigenvalue weighted by Gasteiger charge is 2.15. The summed E-state index contributed by atoms with van der Waals surface area (Å²) < 4.78 is 5.23. The number of rotatable bonds is 9. The molecule has 0 spiro atoms. The average molecular weight is 272 g/mol. The van der Waals surface area contributed by atoms with Gasteiger partial charge in [0.15, 0.2) is 0 Å². The van der Waals surface area contributed by atoms with Crippen molar-refractivity contribution < 1.29 is 19.4 Å². The summed E-state index contributed by atoms with van der Waals surface area (Å²) in [6.45, 7) is 2.85. The van der Waals surface area contributed by atoms with Gasteiger partial charge in [-0.15, -0.1) is 0 Å². The van der Waals surface area contributed by atoms with Gasteiger partial charge >= 0.3 is 12.0 Å². The fraction of sp³-hybridized carbons (Fsp3) is 0.846. The van der Waals surface area contributed by atoms with E-state index in [1.165, 1.54) is 0 Å². The van der Waals surface area contributed by atoms with Gasteiger partial charge in [0.05, 0.1) is 6.61 Å². The number of carboxylic acid groups (broad SMARTS) is 1. The van der Waals surface area contributed by atoms with Gasteiger partial charge in [0.2, 0.25) is 0 Å². The van der Waals surface area contributed by atoms with Crippen LogP contribution in [0, 0.1) is 5.92 Å². The Kier molecular flexibility index (Phi) is 7.97. The van der Waals surface area contributed by atoms with Crippen molar-refractivity contribution in [2.24, 2.45) is 5.92 Å². The van der Waals surface area contributed by atoms with Crippen LogP contribution in [0.25, 0.3) is 0 Å². The minimum Gasteiger partial charge on any atom is -0.481 e. The largest absolute Gasteiger partial charge is 0.481 e. The smallest absolute Gasteiger partial charge is 0.314 e. The second kappa shape index (κ2) is 9.61. The van der Waals surface area contributed by atoms with Crippen LogP contribution < -0.4 is 10.6 Å². The maximum atomic E-state index is 11.4. The van der Waals surface area contributed by atoms with Crippen molar-refractivity contribution in [1.29, 1.82) is 0 Å². The number of hydrogen-bond acceptors (Lipinski definition) is 3. The molecule has 1 rings (SSSR count). The molecule has 19 heavy (non-hydrogen) atoms. The molecule has 6 heteroatoms. The molecule has 1 unspecified atom stereocenters. The van der Waals surface area contributed by atoms with Gasteiger partial charge in [-0.25, -0.2) is 4.79 Å². The molecule has 1 heterocycles. The summed E-state index contributed by atoms with van der Waals surface area (Å²) in [7, 11) is 0. The third kappa shape index (κ3) is 8.42. The minimum atomic E-state index is -0.742. The van der Waals surface area contributed by atoms with E-state index in [-0.39, 0.29) is 12.5 Å². The van der Waals surface area contributed by atoms with Gasteiger partial charge in [-0.05, 0) is 19.3 Å². The Bertz CT molecular complexity index is 278. The van der Waals surface area contributed by atoms with Crippen molar-refractivity contribution in [2.45, 2.75) is 38.5 Å². The molecule has 110 valence electrons. The van der Waals surface area contributed by atoms with Gasteiger partial charge in [0.25, 0.3) is 0 Å². The second-order valence-electron chi connectivity index (χ2n) is 4.92. The van der Waals surface area contributed by atoms with E-state index in [2.05, 4.69) is 10.6 Å². The average Bonchev–Trinajstić information content (AvgIpc) is 2.88. The molecule has 0 saturated carbocycles. The SMILES string of the molecule is O=C(O)CCCCCCNC(=O)NCC1CCOC1. The van der Waals surface area contributed by atoms with E-state index < -0.39 is 5.97 Å². The van der Waals surface area contributed by atoms with E-state index in [1.54, 1.807) is 0 Å². The van der Waals surface area contributed by atoms with Crippen molar-refractivity contribution >= 4 is 12.0 Å². The standard InChI is InChI=1S/C13H24N2O4/c16-12(17)5-3-1-2-4-7-14-13(18)15-9-11-6-8-19-10-11/h11H,1-10H2,(H,16,17)(H2,14,15,18). The zero-order chi connectivity index (χ0) is 13.9. The maximum absolute atomic E-state index is 11.4. The van der Waals surface area contributed by atoms with E-state index in [4.69, 9.17) is 9.84 Å². The summed E-state index contributed by atoms with van der Waals surface area (Å²) in [4.78, 5) is 21.7. The first-order chi connectivity index (χ1) is 9.18. The lowest BCUT2D eigenvalue weighted by atomic mass is 10.1. The third-order valence-electron chi connectivity index (χ3n) is 3.18. The van der Waals surface area contributed by atoms with E-state index in [0.717, 1.165) is 38.9 Å². The van der Waals surface area contributed by atoms with Crippen LogP contribution in [0.1, 0.15) is 38.5 Å². The Balaban J connectivity index is 1.85. The molecule has 1 fully saturated rings. The second-order valence-corrected chi connectivity index (χ2v) is 4.92. The zero-order valence-electron chi connectivity index (χ0n) is 11.3. The fourth-order valence-corrected chi connectivity index (χ4v) is 2.00. The van der Waals surface area contributed by atoms with E-state index in [1.807, 2.05) is 0 Å². The van der Waals surface area contributed by atoms with Gasteiger partial charge in [-0.3, -0.25) is 4.79 Å². The molecule has 0 aromatic carbocycles. The van der Waals surface area contributed by atoms with Crippen molar-refractivity contribution in [2.75, 3.05) is 26.3 Å². The predicted octanol–water partition coefficient (Wildman–Crippen LogP) is 1.36. The number of nitrogens with one attached hydrogen (secondary N) is 2. The highest BCUT2D eigenvalue weighted by Crippen LogP contribution is 2.10. The fourth-order valence-electron chi connectivity index (χ4n) is 2.00. The molecule has 0 aromatic rings. The number of carbonyl (C=O) groups is 2. The number of amides is 2. The van der Waals surface area contributed by atoms with Gasteiger partial charge in [-0.1, -0.05) is 12.8 Å². The topological polar surface area (TPSA) is 87.7 Å². The van der Waals surface area contributed by atoms with Crippen LogP contribution in [-0.4, -0.2) is 43.4 Å². The monoisotopic (exact) mass is 272 g/mol. The predicted molar refractivity (Wildman–Crippen MR) is 71.0 cm³/mol. The van der Waals surface area contributed by atoms with Crippen molar-refractivity contribution in [3.8, 4) is 0 Å². The first-order valence-corrected chi connectivity index (χ1v) is 6.99. The highest BCUT2D eigenvalue weighted by atomic mass is 16.5. The normalized spacial score (nSPS) is 18.2. The van der Waals surface area contributed by atoms with E-state index >= 15 is 0 Å². The number of carbonyl (C=O) groups excluding carboxylic acids is 1. The molecule has 3 N–H and O–H groups in total. The number of unbranched alkanes of at least 4 members (excludes halogenated alkanes) is 3. The number of hydrogen-bond donors (Lipinski definition) is 3. The van der Waals surface area contributed by atoms with Crippen LogP contribution in [0.15, 0.2) is 0 Å². The summed E-state index contributed by atoms with van der Waals surface area (Å²) in [6.07, 6.45) is 4.70. The van der Waals surface area contributed by atoms with Gasteiger partial charge in [-0.2, -0.15) is 0 Å². The highest BCUT2D eigenvalue weighted by molar-refractivity contribution is 5.73. The number of aliphatic carboxylic acids is 1. The van der Waals surface area contributed by atoms with Crippen LogP contribution in [-0.2, 0) is 9.53 Å². The number of carboxylic acids is 1. The van der Waals surface area contributed by atoms with E-state index in [0.29, 0.717) is 25.4 Å². The zero-order valence-corrected chi connectivity index (χ0v) is 11.3. The van der Waals surface area contributed by atoms with Crippen LogP contribution in [0.5, 0.6) is 0 Å².